The van der Waals surface area contributed by atoms with E-state index in [1.165, 1.54) is 0 Å². The van der Waals surface area contributed by atoms with Gasteiger partial charge in [0.05, 0.1) is 12.3 Å². The van der Waals surface area contributed by atoms with Crippen LogP contribution >= 0.6 is 0 Å². The van der Waals surface area contributed by atoms with E-state index < -0.39 is 0 Å². The van der Waals surface area contributed by atoms with Crippen LogP contribution in [0.25, 0.3) is 0 Å². The summed E-state index contributed by atoms with van der Waals surface area (Å²) in [6, 6.07) is 0. The number of methoxy groups -OCH3 is 1. The first-order valence-corrected chi connectivity index (χ1v) is 5.39. The monoisotopic (exact) mass is 214 g/mol. The fourth-order valence-corrected chi connectivity index (χ4v) is 1.13. The van der Waals surface area contributed by atoms with Crippen molar-refractivity contribution < 1.29 is 4.74 Å². The first kappa shape index (κ1) is 14.6. The van der Waals surface area contributed by atoms with Gasteiger partial charge < -0.3 is 4.74 Å². The highest BCUT2D eigenvalue weighted by Gasteiger charge is 2.40. The van der Waals surface area contributed by atoms with Crippen molar-refractivity contribution in [2.75, 3.05) is 20.8 Å². The molecule has 0 saturated heterocycles. The fourth-order valence-electron chi connectivity index (χ4n) is 1.13. The van der Waals surface area contributed by atoms with E-state index in [-0.39, 0.29) is 11.1 Å². The van der Waals surface area contributed by atoms with E-state index in [0.29, 0.717) is 6.67 Å². The van der Waals surface area contributed by atoms with Gasteiger partial charge in [0.15, 0.2) is 0 Å². The number of aliphatic imine (C=N–C) groups is 1. The number of hydrogen-bond donors (Lipinski definition) is 0. The zero-order chi connectivity index (χ0) is 12.3. The molecule has 0 fully saturated rings. The summed E-state index contributed by atoms with van der Waals surface area (Å²) < 4.78 is 5.54. The van der Waals surface area contributed by atoms with Crippen molar-refractivity contribution >= 4 is 5.71 Å². The molecule has 0 unspecified atom stereocenters. The molecule has 0 bridgehead atoms. The Bertz CT molecular complexity index is 228. The summed E-state index contributed by atoms with van der Waals surface area (Å²) >= 11 is 0. The van der Waals surface area contributed by atoms with Crippen molar-refractivity contribution in [3.05, 3.63) is 0 Å². The van der Waals surface area contributed by atoms with E-state index in [9.17, 15) is 0 Å². The molecular weight excluding hydrogens is 188 g/mol. The molecule has 0 amide bonds. The lowest BCUT2D eigenvalue weighted by atomic mass is 9.84. The quantitative estimate of drug-likeness (QED) is 0.657. The van der Waals surface area contributed by atoms with Gasteiger partial charge in [-0.05, 0) is 48.6 Å². The lowest BCUT2D eigenvalue weighted by molar-refractivity contribution is -0.0897. The minimum absolute atomic E-state index is 0.0549. The number of rotatable bonds is 5. The van der Waals surface area contributed by atoms with Gasteiger partial charge in [-0.25, -0.2) is 0 Å². The molecule has 0 radical (unpaired) electrons. The molecule has 0 aliphatic heterocycles. The molecule has 0 aliphatic carbocycles. The third-order valence-corrected chi connectivity index (χ3v) is 3.54. The molecule has 15 heavy (non-hydrogen) atoms. The Morgan fingerprint density at radius 2 is 1.67 bits per heavy atom. The van der Waals surface area contributed by atoms with Gasteiger partial charge in [0.1, 0.15) is 0 Å². The predicted octanol–water partition coefficient (Wildman–Crippen LogP) is 2.56. The van der Waals surface area contributed by atoms with Crippen molar-refractivity contribution in [1.82, 2.24) is 4.90 Å². The first-order valence-electron chi connectivity index (χ1n) is 5.39. The molecule has 0 atom stereocenters. The molecule has 0 heterocycles. The Balaban J connectivity index is 4.65. The van der Waals surface area contributed by atoms with Crippen LogP contribution in [0, 0.1) is 0 Å². The average molecular weight is 214 g/mol. The van der Waals surface area contributed by atoms with Crippen molar-refractivity contribution in [3.63, 3.8) is 0 Å². The van der Waals surface area contributed by atoms with E-state index in [2.05, 4.69) is 44.6 Å². The summed E-state index contributed by atoms with van der Waals surface area (Å²) in [5.41, 5.74) is 0.854. The molecular formula is C12H26N2O. The van der Waals surface area contributed by atoms with E-state index in [1.807, 2.05) is 13.8 Å². The summed E-state index contributed by atoms with van der Waals surface area (Å²) in [6.45, 7) is 13.3. The molecule has 0 N–H and O–H groups in total. The third-order valence-electron chi connectivity index (χ3n) is 3.54. The third kappa shape index (κ3) is 3.58. The summed E-state index contributed by atoms with van der Waals surface area (Å²) in [4.78, 5) is 6.64. The van der Waals surface area contributed by atoms with E-state index >= 15 is 0 Å². The molecule has 0 aromatic carbocycles. The lowest BCUT2D eigenvalue weighted by Crippen LogP contribution is -2.57. The van der Waals surface area contributed by atoms with Gasteiger partial charge in [-0.3, -0.25) is 9.89 Å². The van der Waals surface area contributed by atoms with Crippen LogP contribution in [0.5, 0.6) is 0 Å². The van der Waals surface area contributed by atoms with Gasteiger partial charge in [0.25, 0.3) is 0 Å². The molecule has 0 spiro atoms. The maximum Gasteiger partial charge on any atom is 0.0911 e. The maximum absolute atomic E-state index is 5.54. The predicted molar refractivity (Wildman–Crippen MR) is 66.6 cm³/mol. The van der Waals surface area contributed by atoms with Crippen molar-refractivity contribution in [2.45, 2.75) is 52.7 Å². The second-order valence-electron chi connectivity index (χ2n) is 5.22. The maximum atomic E-state index is 5.54. The minimum atomic E-state index is -0.196. The average Bonchev–Trinajstić information content (AvgIpc) is 2.13. The van der Waals surface area contributed by atoms with Crippen LogP contribution in [-0.2, 0) is 4.74 Å². The molecule has 90 valence electrons. The number of ether oxygens (including phenoxy) is 1. The Kier molecular flexibility index (Phi) is 4.94. The van der Waals surface area contributed by atoms with E-state index in [4.69, 9.17) is 4.74 Å². The summed E-state index contributed by atoms with van der Waals surface area (Å²) in [5, 5.41) is 0. The zero-order valence-electron chi connectivity index (χ0n) is 11.5. The van der Waals surface area contributed by atoms with Crippen LogP contribution in [0.1, 0.15) is 41.5 Å². The second kappa shape index (κ2) is 5.08. The Hall–Kier alpha value is -0.410. The van der Waals surface area contributed by atoms with Crippen LogP contribution in [0.4, 0.5) is 0 Å². The van der Waals surface area contributed by atoms with Gasteiger partial charge in [-0.2, -0.15) is 0 Å². The highest BCUT2D eigenvalue weighted by atomic mass is 16.5. The number of hydrogen-bond acceptors (Lipinski definition) is 3. The summed E-state index contributed by atoms with van der Waals surface area (Å²) in [5.74, 6) is 0. The lowest BCUT2D eigenvalue weighted by Gasteiger charge is -2.46. The smallest absolute Gasteiger partial charge is 0.0911 e. The van der Waals surface area contributed by atoms with E-state index in [0.717, 1.165) is 5.71 Å². The van der Waals surface area contributed by atoms with E-state index in [1.54, 1.807) is 7.11 Å². The van der Waals surface area contributed by atoms with Crippen molar-refractivity contribution in [3.8, 4) is 0 Å². The molecule has 3 nitrogen and oxygen atoms in total. The van der Waals surface area contributed by atoms with Gasteiger partial charge in [-0.15, -0.1) is 0 Å². The number of nitrogens with zero attached hydrogens (tertiary/aromatic N) is 2. The standard InChI is InChI=1S/C12H26N2O/c1-10(2)13-9-14(7)11(3,4)12(5,6)15-8/h9H2,1-8H3. The van der Waals surface area contributed by atoms with Crippen LogP contribution in [0.3, 0.4) is 0 Å². The van der Waals surface area contributed by atoms with Gasteiger partial charge in [0, 0.05) is 18.4 Å². The molecule has 0 aromatic heterocycles. The summed E-state index contributed by atoms with van der Waals surface area (Å²) in [6.07, 6.45) is 0. The van der Waals surface area contributed by atoms with Crippen LogP contribution in [0.2, 0.25) is 0 Å². The highest BCUT2D eigenvalue weighted by Crippen LogP contribution is 2.29. The zero-order valence-corrected chi connectivity index (χ0v) is 11.5. The van der Waals surface area contributed by atoms with Gasteiger partial charge in [0.2, 0.25) is 0 Å². The van der Waals surface area contributed by atoms with Crippen molar-refractivity contribution in [2.24, 2.45) is 4.99 Å². The first-order chi connectivity index (χ1) is 6.65. The molecule has 0 aliphatic rings. The van der Waals surface area contributed by atoms with Gasteiger partial charge >= 0.3 is 0 Å². The number of likely N-dealkylation sites (N-methyl/N-ethyl adjacent to an activating group) is 1. The highest BCUT2D eigenvalue weighted by molar-refractivity contribution is 5.78. The largest absolute Gasteiger partial charge is 0.377 e. The Morgan fingerprint density at radius 1 is 1.20 bits per heavy atom. The Labute approximate surface area is 94.5 Å². The van der Waals surface area contributed by atoms with Crippen LogP contribution in [0.15, 0.2) is 4.99 Å². The Morgan fingerprint density at radius 3 is 2.00 bits per heavy atom. The molecule has 0 aromatic rings. The van der Waals surface area contributed by atoms with Gasteiger partial charge in [-0.1, -0.05) is 0 Å². The second-order valence-corrected chi connectivity index (χ2v) is 5.22. The normalized spacial score (nSPS) is 13.1. The topological polar surface area (TPSA) is 24.8 Å². The van der Waals surface area contributed by atoms with Crippen LogP contribution < -0.4 is 0 Å². The van der Waals surface area contributed by atoms with Crippen molar-refractivity contribution in [1.29, 1.82) is 0 Å². The molecule has 0 rings (SSSR count). The van der Waals surface area contributed by atoms with Crippen LogP contribution in [-0.4, -0.2) is 42.6 Å². The molecule has 3 heteroatoms. The fraction of sp³-hybridized carbons (Fsp3) is 0.917. The summed E-state index contributed by atoms with van der Waals surface area (Å²) in [7, 11) is 3.83. The SMILES string of the molecule is COC(C)(C)C(C)(C)N(C)CN=C(C)C. The molecule has 0 saturated carbocycles. The minimum Gasteiger partial charge on any atom is -0.377 e.